The number of rotatable bonds is 2. The van der Waals surface area contributed by atoms with Gasteiger partial charge in [-0.1, -0.05) is 18.2 Å². The Morgan fingerprint density at radius 3 is 2.71 bits per heavy atom. The number of hydrogen-bond acceptors (Lipinski definition) is 2. The largest absolute Gasteiger partial charge is 0.445 e. The lowest BCUT2D eigenvalue weighted by Crippen LogP contribution is -2.26. The monoisotopic (exact) mass is 231 g/mol. The van der Waals surface area contributed by atoms with Gasteiger partial charge in [0.15, 0.2) is 0 Å². The van der Waals surface area contributed by atoms with Crippen molar-refractivity contribution in [3.8, 4) is 0 Å². The summed E-state index contributed by atoms with van der Waals surface area (Å²) in [5.41, 5.74) is 1.15. The molecule has 1 aromatic rings. The van der Waals surface area contributed by atoms with Gasteiger partial charge >= 0.3 is 6.09 Å². The zero-order valence-corrected chi connectivity index (χ0v) is 9.82. The number of para-hydroxylation sites is 1. The van der Waals surface area contributed by atoms with Gasteiger partial charge in [0.05, 0.1) is 0 Å². The third-order valence-corrected chi connectivity index (χ3v) is 3.99. The molecule has 1 amide bonds. The highest BCUT2D eigenvalue weighted by Gasteiger charge is 2.54. The molecule has 2 aliphatic carbocycles. The van der Waals surface area contributed by atoms with Crippen LogP contribution >= 0.6 is 0 Å². The first-order valence-corrected chi connectivity index (χ1v) is 6.31. The van der Waals surface area contributed by atoms with E-state index in [4.69, 9.17) is 4.74 Å². The number of hydrogen-bond donors (Lipinski definition) is 1. The Labute approximate surface area is 101 Å². The zero-order valence-electron chi connectivity index (χ0n) is 9.82. The smallest absolute Gasteiger partial charge is 0.411 e. The number of benzene rings is 1. The van der Waals surface area contributed by atoms with Crippen LogP contribution < -0.4 is 5.32 Å². The van der Waals surface area contributed by atoms with Gasteiger partial charge in [0.1, 0.15) is 6.10 Å². The van der Waals surface area contributed by atoms with Crippen LogP contribution in [0.25, 0.3) is 0 Å². The summed E-state index contributed by atoms with van der Waals surface area (Å²) in [6.07, 6.45) is 5.76. The van der Waals surface area contributed by atoms with Gasteiger partial charge in [-0.2, -0.15) is 0 Å². The van der Waals surface area contributed by atoms with Gasteiger partial charge in [0, 0.05) is 11.1 Å². The van der Waals surface area contributed by atoms with E-state index in [2.05, 4.69) is 5.32 Å². The molecule has 0 bridgehead atoms. The Balaban J connectivity index is 1.57. The normalized spacial score (nSPS) is 24.6. The Morgan fingerprint density at radius 2 is 2.00 bits per heavy atom. The van der Waals surface area contributed by atoms with Gasteiger partial charge in [-0.25, -0.2) is 4.79 Å². The first-order valence-electron chi connectivity index (χ1n) is 6.31. The zero-order chi connectivity index (χ0) is 11.7. The topological polar surface area (TPSA) is 38.3 Å². The van der Waals surface area contributed by atoms with E-state index < -0.39 is 0 Å². The third-order valence-electron chi connectivity index (χ3n) is 3.99. The number of nitrogens with one attached hydrogen (secondary N) is 1. The molecule has 0 heterocycles. The third kappa shape index (κ3) is 2.14. The van der Waals surface area contributed by atoms with E-state index in [1.807, 2.05) is 30.3 Å². The molecule has 1 atom stereocenters. The van der Waals surface area contributed by atoms with Crippen molar-refractivity contribution in [2.75, 3.05) is 5.32 Å². The van der Waals surface area contributed by atoms with Gasteiger partial charge in [-0.15, -0.1) is 0 Å². The Bertz CT molecular complexity index is 411. The average molecular weight is 231 g/mol. The van der Waals surface area contributed by atoms with Crippen molar-refractivity contribution in [1.29, 1.82) is 0 Å². The average Bonchev–Trinajstić information content (AvgIpc) is 3.00. The molecule has 2 aliphatic rings. The van der Waals surface area contributed by atoms with Gasteiger partial charge in [0.25, 0.3) is 0 Å². The fourth-order valence-electron chi connectivity index (χ4n) is 2.82. The van der Waals surface area contributed by atoms with E-state index in [1.165, 1.54) is 25.7 Å². The van der Waals surface area contributed by atoms with Crippen LogP contribution in [0.5, 0.6) is 0 Å². The van der Waals surface area contributed by atoms with E-state index in [0.29, 0.717) is 5.41 Å². The summed E-state index contributed by atoms with van der Waals surface area (Å²) in [6, 6.07) is 9.44. The molecule has 3 rings (SSSR count). The van der Waals surface area contributed by atoms with Crippen LogP contribution in [0.2, 0.25) is 0 Å². The predicted molar refractivity (Wildman–Crippen MR) is 65.9 cm³/mol. The van der Waals surface area contributed by atoms with E-state index in [-0.39, 0.29) is 12.2 Å². The Hall–Kier alpha value is -1.51. The fourth-order valence-corrected chi connectivity index (χ4v) is 2.82. The summed E-state index contributed by atoms with van der Waals surface area (Å²) >= 11 is 0. The van der Waals surface area contributed by atoms with Crippen LogP contribution in [0.15, 0.2) is 30.3 Å². The number of carbonyl (C=O) groups is 1. The first kappa shape index (κ1) is 10.6. The maximum absolute atomic E-state index is 11.8. The Kier molecular flexibility index (Phi) is 2.54. The van der Waals surface area contributed by atoms with Crippen LogP contribution in [0, 0.1) is 5.41 Å². The minimum Gasteiger partial charge on any atom is -0.445 e. The SMILES string of the molecule is O=C(Nc1ccccc1)O[C@H]1CCCC12CC2. The lowest BCUT2D eigenvalue weighted by Gasteiger charge is -2.19. The molecule has 2 saturated carbocycles. The summed E-state index contributed by atoms with van der Waals surface area (Å²) in [5.74, 6) is 0. The van der Waals surface area contributed by atoms with Gasteiger partial charge in [-0.05, 0) is 44.2 Å². The second kappa shape index (κ2) is 4.06. The van der Waals surface area contributed by atoms with E-state index in [9.17, 15) is 4.79 Å². The molecule has 1 N–H and O–H groups in total. The molecule has 0 saturated heterocycles. The number of anilines is 1. The summed E-state index contributed by atoms with van der Waals surface area (Å²) in [7, 11) is 0. The standard InChI is InChI=1S/C14H17NO2/c16-13(15-11-5-2-1-3-6-11)17-12-7-4-8-14(12)9-10-14/h1-3,5-6,12H,4,7-10H2,(H,15,16)/t12-/m0/s1. The second-order valence-electron chi connectivity index (χ2n) is 5.14. The molecule has 0 unspecified atom stereocenters. The van der Waals surface area contributed by atoms with Crippen LogP contribution in [-0.4, -0.2) is 12.2 Å². The van der Waals surface area contributed by atoms with Gasteiger partial charge in [-0.3, -0.25) is 5.32 Å². The number of carbonyl (C=O) groups excluding carboxylic acids is 1. The van der Waals surface area contributed by atoms with E-state index >= 15 is 0 Å². The molecule has 2 fully saturated rings. The number of amides is 1. The molecule has 17 heavy (non-hydrogen) atoms. The summed E-state index contributed by atoms with van der Waals surface area (Å²) < 4.78 is 5.54. The van der Waals surface area contributed by atoms with Crippen LogP contribution in [0.3, 0.4) is 0 Å². The molecule has 3 nitrogen and oxygen atoms in total. The van der Waals surface area contributed by atoms with Crippen molar-refractivity contribution in [3.05, 3.63) is 30.3 Å². The molecule has 1 aromatic carbocycles. The van der Waals surface area contributed by atoms with Crippen LogP contribution in [0.4, 0.5) is 10.5 Å². The molecule has 1 spiro atoms. The van der Waals surface area contributed by atoms with Gasteiger partial charge < -0.3 is 4.74 Å². The Morgan fingerprint density at radius 1 is 1.24 bits per heavy atom. The van der Waals surface area contributed by atoms with Crippen molar-refractivity contribution in [3.63, 3.8) is 0 Å². The minimum atomic E-state index is -0.311. The maximum atomic E-state index is 11.8. The maximum Gasteiger partial charge on any atom is 0.411 e. The highest BCUT2D eigenvalue weighted by molar-refractivity contribution is 5.84. The quantitative estimate of drug-likeness (QED) is 0.845. The van der Waals surface area contributed by atoms with Gasteiger partial charge in [0.2, 0.25) is 0 Å². The highest BCUT2D eigenvalue weighted by Crippen LogP contribution is 2.58. The first-order chi connectivity index (χ1) is 8.28. The van der Waals surface area contributed by atoms with Crippen molar-refractivity contribution < 1.29 is 9.53 Å². The van der Waals surface area contributed by atoms with Crippen molar-refractivity contribution in [2.45, 2.75) is 38.2 Å². The van der Waals surface area contributed by atoms with Crippen molar-refractivity contribution in [1.82, 2.24) is 0 Å². The summed E-state index contributed by atoms with van der Waals surface area (Å²) in [6.45, 7) is 0. The lowest BCUT2D eigenvalue weighted by atomic mass is 10.0. The molecule has 0 radical (unpaired) electrons. The molecular weight excluding hydrogens is 214 g/mol. The highest BCUT2D eigenvalue weighted by atomic mass is 16.6. The molecule has 90 valence electrons. The molecular formula is C14H17NO2. The minimum absolute atomic E-state index is 0.145. The molecule has 0 aliphatic heterocycles. The van der Waals surface area contributed by atoms with E-state index in [1.54, 1.807) is 0 Å². The molecule has 0 aromatic heterocycles. The summed E-state index contributed by atoms with van der Waals surface area (Å²) in [5, 5.41) is 2.77. The van der Waals surface area contributed by atoms with Crippen LogP contribution in [0.1, 0.15) is 32.1 Å². The van der Waals surface area contributed by atoms with Crippen molar-refractivity contribution >= 4 is 11.8 Å². The number of ether oxygens (including phenoxy) is 1. The molecule has 3 heteroatoms. The van der Waals surface area contributed by atoms with E-state index in [0.717, 1.165) is 12.1 Å². The lowest BCUT2D eigenvalue weighted by molar-refractivity contribution is 0.0787. The summed E-state index contributed by atoms with van der Waals surface area (Å²) in [4.78, 5) is 11.8. The second-order valence-corrected chi connectivity index (χ2v) is 5.14. The van der Waals surface area contributed by atoms with Crippen LogP contribution in [-0.2, 0) is 4.74 Å². The fraction of sp³-hybridized carbons (Fsp3) is 0.500. The van der Waals surface area contributed by atoms with Crippen molar-refractivity contribution in [2.24, 2.45) is 5.41 Å². The predicted octanol–water partition coefficient (Wildman–Crippen LogP) is 3.57.